The normalized spacial score (nSPS) is 11.7. The molecule has 0 aliphatic carbocycles. The quantitative estimate of drug-likeness (QED) is 0.910. The van der Waals surface area contributed by atoms with Gasteiger partial charge in [-0.25, -0.2) is 9.78 Å². The van der Waals surface area contributed by atoms with Crippen LogP contribution in [-0.2, 0) is 5.54 Å². The average molecular weight is 293 g/mol. The zero-order valence-corrected chi connectivity index (χ0v) is 12.9. The summed E-state index contributed by atoms with van der Waals surface area (Å²) in [5.41, 5.74) is -0.515. The summed E-state index contributed by atoms with van der Waals surface area (Å²) in [6.45, 7) is 7.89. The van der Waals surface area contributed by atoms with Crippen LogP contribution < -0.4 is 10.6 Å². The van der Waals surface area contributed by atoms with E-state index in [-0.39, 0.29) is 12.1 Å². The predicted molar refractivity (Wildman–Crippen MR) is 79.9 cm³/mol. The SMILES string of the molecule is CC(C)n1ccc(NC(=O)NC(C)(C)c2nccs2)n1. The smallest absolute Gasteiger partial charge is 0.321 e. The largest absolute Gasteiger partial charge is 0.326 e. The van der Waals surface area contributed by atoms with E-state index in [2.05, 4.69) is 20.7 Å². The Labute approximate surface area is 122 Å². The molecular formula is C13H19N5OS. The average Bonchev–Trinajstić information content (AvgIpc) is 2.97. The maximum Gasteiger partial charge on any atom is 0.321 e. The zero-order valence-electron chi connectivity index (χ0n) is 12.0. The van der Waals surface area contributed by atoms with Gasteiger partial charge in [0.1, 0.15) is 5.01 Å². The van der Waals surface area contributed by atoms with Crippen LogP contribution in [0.15, 0.2) is 23.8 Å². The summed E-state index contributed by atoms with van der Waals surface area (Å²) in [7, 11) is 0. The van der Waals surface area contributed by atoms with E-state index in [1.165, 1.54) is 11.3 Å². The highest BCUT2D eigenvalue weighted by atomic mass is 32.1. The minimum absolute atomic E-state index is 0.264. The summed E-state index contributed by atoms with van der Waals surface area (Å²) in [4.78, 5) is 16.2. The molecule has 2 N–H and O–H groups in total. The first-order valence-electron chi connectivity index (χ1n) is 6.43. The highest BCUT2D eigenvalue weighted by Crippen LogP contribution is 2.22. The van der Waals surface area contributed by atoms with E-state index in [9.17, 15) is 4.79 Å². The number of nitrogens with zero attached hydrogens (tertiary/aromatic N) is 3. The van der Waals surface area contributed by atoms with Crippen LogP contribution in [0.5, 0.6) is 0 Å². The van der Waals surface area contributed by atoms with E-state index < -0.39 is 5.54 Å². The Kier molecular flexibility index (Phi) is 4.08. The van der Waals surface area contributed by atoms with Crippen molar-refractivity contribution in [2.24, 2.45) is 0 Å². The van der Waals surface area contributed by atoms with Crippen LogP contribution in [0, 0.1) is 0 Å². The van der Waals surface area contributed by atoms with Crippen LogP contribution in [0.25, 0.3) is 0 Å². The molecule has 6 nitrogen and oxygen atoms in total. The first kappa shape index (κ1) is 14.5. The lowest BCUT2D eigenvalue weighted by molar-refractivity contribution is 0.241. The highest BCUT2D eigenvalue weighted by Gasteiger charge is 2.25. The topological polar surface area (TPSA) is 71.8 Å². The van der Waals surface area contributed by atoms with Crippen LogP contribution in [0.2, 0.25) is 0 Å². The van der Waals surface area contributed by atoms with E-state index in [4.69, 9.17) is 0 Å². The molecule has 0 spiro atoms. The summed E-state index contributed by atoms with van der Waals surface area (Å²) in [6.07, 6.45) is 3.57. The minimum Gasteiger partial charge on any atom is -0.326 e. The van der Waals surface area contributed by atoms with Gasteiger partial charge in [-0.1, -0.05) is 0 Å². The van der Waals surface area contributed by atoms with Gasteiger partial charge in [-0.05, 0) is 27.7 Å². The van der Waals surface area contributed by atoms with Crippen LogP contribution in [0.1, 0.15) is 38.7 Å². The first-order chi connectivity index (χ1) is 9.38. The number of nitrogens with one attached hydrogen (secondary N) is 2. The van der Waals surface area contributed by atoms with Crippen molar-refractivity contribution in [1.82, 2.24) is 20.1 Å². The molecule has 0 unspecified atom stereocenters. The van der Waals surface area contributed by atoms with Gasteiger partial charge in [0.15, 0.2) is 5.82 Å². The molecule has 20 heavy (non-hydrogen) atoms. The predicted octanol–water partition coefficient (Wildman–Crippen LogP) is 2.98. The van der Waals surface area contributed by atoms with E-state index in [1.807, 2.05) is 39.3 Å². The maximum atomic E-state index is 12.0. The minimum atomic E-state index is -0.515. The van der Waals surface area contributed by atoms with Gasteiger partial charge in [-0.3, -0.25) is 10.00 Å². The molecule has 7 heteroatoms. The van der Waals surface area contributed by atoms with Crippen molar-refractivity contribution >= 4 is 23.2 Å². The second kappa shape index (κ2) is 5.62. The number of thiazole rings is 1. The third-order valence-corrected chi connectivity index (χ3v) is 3.87. The van der Waals surface area contributed by atoms with Crippen molar-refractivity contribution in [3.05, 3.63) is 28.8 Å². The van der Waals surface area contributed by atoms with Gasteiger partial charge in [0.2, 0.25) is 0 Å². The lowest BCUT2D eigenvalue weighted by Crippen LogP contribution is -2.43. The summed E-state index contributed by atoms with van der Waals surface area (Å²) in [5.74, 6) is 0.533. The molecule has 0 atom stereocenters. The number of aromatic nitrogens is 3. The van der Waals surface area contributed by atoms with Crippen molar-refractivity contribution in [2.75, 3.05) is 5.32 Å². The van der Waals surface area contributed by atoms with Crippen LogP contribution in [0.4, 0.5) is 10.6 Å². The van der Waals surface area contributed by atoms with E-state index in [0.717, 1.165) is 5.01 Å². The Balaban J connectivity index is 1.98. The van der Waals surface area contributed by atoms with Gasteiger partial charge in [-0.2, -0.15) is 5.10 Å². The molecule has 0 fully saturated rings. The number of carbonyl (C=O) groups excluding carboxylic acids is 1. The van der Waals surface area contributed by atoms with Crippen molar-refractivity contribution < 1.29 is 4.79 Å². The molecule has 0 saturated carbocycles. The summed E-state index contributed by atoms with van der Waals surface area (Å²) in [5, 5.41) is 12.6. The third-order valence-electron chi connectivity index (χ3n) is 2.77. The van der Waals surface area contributed by atoms with Crippen LogP contribution >= 0.6 is 11.3 Å². The fraction of sp³-hybridized carbons (Fsp3) is 0.462. The van der Waals surface area contributed by atoms with Gasteiger partial charge < -0.3 is 5.32 Å². The molecule has 108 valence electrons. The maximum absolute atomic E-state index is 12.0. The van der Waals surface area contributed by atoms with Crippen molar-refractivity contribution in [3.63, 3.8) is 0 Å². The Hall–Kier alpha value is -1.89. The number of hydrogen-bond donors (Lipinski definition) is 2. The molecule has 2 heterocycles. The second-order valence-corrected chi connectivity index (χ2v) is 6.21. The Morgan fingerprint density at radius 3 is 2.75 bits per heavy atom. The Morgan fingerprint density at radius 1 is 1.45 bits per heavy atom. The molecule has 0 aliphatic heterocycles. The van der Waals surface area contributed by atoms with E-state index in [1.54, 1.807) is 16.9 Å². The van der Waals surface area contributed by atoms with Gasteiger partial charge in [0, 0.05) is 29.9 Å². The Morgan fingerprint density at radius 2 is 2.20 bits per heavy atom. The molecular weight excluding hydrogens is 274 g/mol. The number of urea groups is 1. The zero-order chi connectivity index (χ0) is 14.8. The van der Waals surface area contributed by atoms with Gasteiger partial charge >= 0.3 is 6.03 Å². The number of hydrogen-bond acceptors (Lipinski definition) is 4. The lowest BCUT2D eigenvalue weighted by Gasteiger charge is -2.23. The van der Waals surface area contributed by atoms with Crippen molar-refractivity contribution in [3.8, 4) is 0 Å². The molecule has 0 aliphatic rings. The Bertz CT molecular complexity index is 573. The van der Waals surface area contributed by atoms with Crippen LogP contribution in [-0.4, -0.2) is 20.8 Å². The number of anilines is 1. The standard InChI is InChI=1S/C13H19N5OS/c1-9(2)18-7-5-10(17-18)15-12(19)16-13(3,4)11-14-6-8-20-11/h5-9H,1-4H3,(H2,15,16,17,19). The molecule has 2 aromatic heterocycles. The van der Waals surface area contributed by atoms with Crippen molar-refractivity contribution in [2.45, 2.75) is 39.3 Å². The fourth-order valence-corrected chi connectivity index (χ4v) is 2.43. The molecule has 0 bridgehead atoms. The molecule has 2 aromatic rings. The monoisotopic (exact) mass is 293 g/mol. The molecule has 0 aromatic carbocycles. The summed E-state index contributed by atoms with van der Waals surface area (Å²) in [6, 6.07) is 1.75. The third kappa shape index (κ3) is 3.36. The van der Waals surface area contributed by atoms with Gasteiger partial charge in [0.05, 0.1) is 5.54 Å². The molecule has 0 radical (unpaired) electrons. The number of rotatable bonds is 4. The summed E-state index contributed by atoms with van der Waals surface area (Å²) >= 11 is 1.51. The van der Waals surface area contributed by atoms with Gasteiger partial charge in [0.25, 0.3) is 0 Å². The molecule has 2 amide bonds. The fourth-order valence-electron chi connectivity index (χ4n) is 1.71. The molecule has 0 saturated heterocycles. The van der Waals surface area contributed by atoms with Gasteiger partial charge in [-0.15, -0.1) is 11.3 Å². The van der Waals surface area contributed by atoms with E-state index in [0.29, 0.717) is 5.82 Å². The van der Waals surface area contributed by atoms with E-state index >= 15 is 0 Å². The van der Waals surface area contributed by atoms with Crippen molar-refractivity contribution in [1.29, 1.82) is 0 Å². The van der Waals surface area contributed by atoms with Crippen LogP contribution in [0.3, 0.4) is 0 Å². The second-order valence-electron chi connectivity index (χ2n) is 5.32. The lowest BCUT2D eigenvalue weighted by atomic mass is 10.1. The molecule has 2 rings (SSSR count). The first-order valence-corrected chi connectivity index (χ1v) is 7.31. The highest BCUT2D eigenvalue weighted by molar-refractivity contribution is 7.09. The summed E-state index contributed by atoms with van der Waals surface area (Å²) < 4.78 is 1.79. The number of amides is 2. The number of carbonyl (C=O) groups is 1.